The number of carboxylic acid groups (broad SMARTS) is 1. The second-order valence-electron chi connectivity index (χ2n) is 22.2. The number of aliphatic carboxylic acids is 1. The number of benzene rings is 1. The SMILES string of the molecule is CC(C)CC(=O)N(Cc1ccccc1)C[C@H](O)C12CC[C@]3(C)C(N)(CC[C@@H]4[C@@]5(C)CC[C@H](OC(=O)CC(C)(C)C(=O)O)C(C)(C)C5CC[C@]43C)C1=C(C(C)C)C(=O)C2. The maximum absolute atomic E-state index is 14.4. The first kappa shape index (κ1) is 44.5. The summed E-state index contributed by atoms with van der Waals surface area (Å²) in [5.74, 6) is -0.629. The summed E-state index contributed by atoms with van der Waals surface area (Å²) < 4.78 is 6.18. The molecule has 4 N–H and O–H groups in total. The van der Waals surface area contributed by atoms with Gasteiger partial charge in [-0.15, -0.1) is 0 Å². The van der Waals surface area contributed by atoms with Crippen LogP contribution in [0.3, 0.4) is 0 Å². The number of Topliss-reactive ketones (excluding diaryl/α,β-unsaturated/α-hetero) is 1. The highest BCUT2D eigenvalue weighted by molar-refractivity contribution is 6.01. The number of ketones is 1. The van der Waals surface area contributed by atoms with Gasteiger partial charge < -0.3 is 25.6 Å². The van der Waals surface area contributed by atoms with E-state index in [1.165, 1.54) is 0 Å². The molecule has 9 atom stereocenters. The minimum absolute atomic E-state index is 0.00545. The molecule has 3 unspecified atom stereocenters. The molecule has 0 saturated heterocycles. The molecule has 5 aliphatic carbocycles. The summed E-state index contributed by atoms with van der Waals surface area (Å²) in [4.78, 5) is 55.0. The van der Waals surface area contributed by atoms with Gasteiger partial charge in [0.15, 0.2) is 5.78 Å². The van der Waals surface area contributed by atoms with Crippen LogP contribution in [0.1, 0.15) is 152 Å². The van der Waals surface area contributed by atoms with Gasteiger partial charge in [0.25, 0.3) is 0 Å². The Morgan fingerprint density at radius 1 is 0.914 bits per heavy atom. The lowest BCUT2D eigenvalue weighted by atomic mass is 9.31. The number of nitrogens with two attached hydrogens (primary N) is 1. The van der Waals surface area contributed by atoms with Gasteiger partial charge in [0.2, 0.25) is 5.91 Å². The summed E-state index contributed by atoms with van der Waals surface area (Å²) in [5.41, 5.74) is 7.10. The van der Waals surface area contributed by atoms with Crippen molar-refractivity contribution < 1.29 is 34.1 Å². The van der Waals surface area contributed by atoms with Crippen LogP contribution in [-0.4, -0.2) is 63.0 Å². The molecule has 0 aromatic heterocycles. The van der Waals surface area contributed by atoms with Gasteiger partial charge in [-0.3, -0.25) is 19.2 Å². The quantitative estimate of drug-likeness (QED) is 0.178. The number of aliphatic hydroxyl groups is 1. The number of esters is 1. The van der Waals surface area contributed by atoms with Crippen molar-refractivity contribution in [2.75, 3.05) is 6.54 Å². The van der Waals surface area contributed by atoms with Crippen LogP contribution in [0.4, 0.5) is 0 Å². The van der Waals surface area contributed by atoms with E-state index < -0.39 is 34.4 Å². The number of nitrogens with zero attached hydrogens (tertiary/aromatic N) is 1. The Kier molecular flexibility index (Phi) is 11.6. The van der Waals surface area contributed by atoms with E-state index >= 15 is 0 Å². The van der Waals surface area contributed by atoms with Gasteiger partial charge in [-0.2, -0.15) is 0 Å². The Labute approximate surface area is 348 Å². The fourth-order valence-corrected chi connectivity index (χ4v) is 14.0. The molecular formula is C49H74N2O7. The molecule has 0 bridgehead atoms. The molecule has 4 fully saturated rings. The van der Waals surface area contributed by atoms with Crippen LogP contribution in [0.25, 0.3) is 0 Å². The predicted molar refractivity (Wildman–Crippen MR) is 226 cm³/mol. The van der Waals surface area contributed by atoms with Crippen LogP contribution in [0.5, 0.6) is 0 Å². The Balaban J connectivity index is 1.33. The van der Waals surface area contributed by atoms with Crippen molar-refractivity contribution in [1.29, 1.82) is 0 Å². The lowest BCUT2D eigenvalue weighted by Gasteiger charge is -2.74. The summed E-state index contributed by atoms with van der Waals surface area (Å²) in [6, 6.07) is 9.93. The van der Waals surface area contributed by atoms with Crippen molar-refractivity contribution in [3.63, 3.8) is 0 Å². The molecule has 4 saturated carbocycles. The van der Waals surface area contributed by atoms with Crippen LogP contribution in [-0.2, 0) is 30.5 Å². The van der Waals surface area contributed by atoms with Gasteiger partial charge in [-0.1, -0.05) is 92.6 Å². The maximum Gasteiger partial charge on any atom is 0.309 e. The molecule has 0 spiro atoms. The average molecular weight is 803 g/mol. The number of rotatable bonds is 12. The predicted octanol–water partition coefficient (Wildman–Crippen LogP) is 8.90. The standard InChI is InChI=1S/C49H74N2O7/c1-30(2)25-38(54)51(28-32-15-13-12-14-16-32)29-36(53)48-24-23-47(11)46(10)21-17-34-44(7,8)37(58-39(55)27-43(5,6)42(56)57)19-20-45(34,9)35(46)18-22-49(47,50)41(48)40(31(3)4)33(52)26-48/h12-16,30-31,34-37,53H,17-29,50H2,1-11H3,(H,56,57)/t34?,35-,36+,37+,45+,46-,47+,48?,49?/m1/s1. The minimum atomic E-state index is -1.20. The van der Waals surface area contributed by atoms with Gasteiger partial charge in [0.05, 0.1) is 17.9 Å². The number of carbonyl (C=O) groups is 4. The van der Waals surface area contributed by atoms with Crippen molar-refractivity contribution in [3.05, 3.63) is 47.0 Å². The lowest BCUT2D eigenvalue weighted by molar-refractivity contribution is -0.239. The molecule has 0 aliphatic heterocycles. The van der Waals surface area contributed by atoms with Crippen LogP contribution < -0.4 is 5.73 Å². The number of ether oxygens (including phenoxy) is 1. The molecule has 0 radical (unpaired) electrons. The molecule has 1 amide bonds. The fourth-order valence-electron chi connectivity index (χ4n) is 14.0. The fraction of sp³-hybridized carbons (Fsp3) is 0.755. The molecule has 0 heterocycles. The highest BCUT2D eigenvalue weighted by atomic mass is 16.5. The van der Waals surface area contributed by atoms with E-state index in [-0.39, 0.29) is 76.6 Å². The summed E-state index contributed by atoms with van der Waals surface area (Å²) in [6.45, 7) is 23.7. The molecule has 322 valence electrons. The normalized spacial score (nSPS) is 36.1. The smallest absolute Gasteiger partial charge is 0.309 e. The van der Waals surface area contributed by atoms with Gasteiger partial charge in [-0.25, -0.2) is 0 Å². The van der Waals surface area contributed by atoms with Crippen LogP contribution in [0.15, 0.2) is 41.5 Å². The Hall–Kier alpha value is -3.04. The van der Waals surface area contributed by atoms with E-state index in [1.807, 2.05) is 49.1 Å². The van der Waals surface area contributed by atoms with Gasteiger partial charge in [0.1, 0.15) is 6.10 Å². The van der Waals surface area contributed by atoms with Crippen molar-refractivity contribution in [2.45, 2.75) is 171 Å². The zero-order valence-corrected chi connectivity index (χ0v) is 37.5. The lowest BCUT2D eigenvalue weighted by Crippen LogP contribution is -2.74. The molecule has 1 aromatic rings. The van der Waals surface area contributed by atoms with E-state index in [0.29, 0.717) is 31.7 Å². The van der Waals surface area contributed by atoms with Gasteiger partial charge in [-0.05, 0) is 122 Å². The molecule has 58 heavy (non-hydrogen) atoms. The Bertz CT molecular complexity index is 1820. The number of carbonyl (C=O) groups excluding carboxylic acids is 3. The first-order chi connectivity index (χ1) is 26.8. The minimum Gasteiger partial charge on any atom is -0.481 e. The summed E-state index contributed by atoms with van der Waals surface area (Å²) in [5, 5.41) is 22.4. The number of fused-ring (bicyclic) bond motifs is 7. The van der Waals surface area contributed by atoms with Crippen molar-refractivity contribution >= 4 is 23.6 Å². The van der Waals surface area contributed by atoms with Crippen LogP contribution in [0.2, 0.25) is 0 Å². The first-order valence-electron chi connectivity index (χ1n) is 22.3. The highest BCUT2D eigenvalue weighted by Gasteiger charge is 2.74. The van der Waals surface area contributed by atoms with Crippen LogP contribution >= 0.6 is 0 Å². The van der Waals surface area contributed by atoms with Crippen molar-refractivity contribution in [1.82, 2.24) is 4.90 Å². The number of allylic oxidation sites excluding steroid dienone is 1. The van der Waals surface area contributed by atoms with E-state index in [2.05, 4.69) is 48.5 Å². The third-order valence-corrected chi connectivity index (χ3v) is 17.3. The zero-order chi connectivity index (χ0) is 43.0. The number of amides is 1. The first-order valence-corrected chi connectivity index (χ1v) is 22.3. The maximum atomic E-state index is 14.4. The molecule has 9 heteroatoms. The van der Waals surface area contributed by atoms with Gasteiger partial charge >= 0.3 is 11.9 Å². The summed E-state index contributed by atoms with van der Waals surface area (Å²) in [7, 11) is 0. The summed E-state index contributed by atoms with van der Waals surface area (Å²) >= 11 is 0. The largest absolute Gasteiger partial charge is 0.481 e. The number of carboxylic acids is 1. The Morgan fingerprint density at radius 2 is 1.55 bits per heavy atom. The second kappa shape index (κ2) is 15.1. The molecular weight excluding hydrogens is 729 g/mol. The number of hydrogen-bond donors (Lipinski definition) is 3. The molecule has 9 nitrogen and oxygen atoms in total. The Morgan fingerprint density at radius 3 is 2.16 bits per heavy atom. The van der Waals surface area contributed by atoms with E-state index in [1.54, 1.807) is 13.8 Å². The molecule has 1 aromatic carbocycles. The third kappa shape index (κ3) is 6.90. The molecule has 5 aliphatic rings. The topological polar surface area (TPSA) is 147 Å². The average Bonchev–Trinajstić information content (AvgIpc) is 3.44. The third-order valence-electron chi connectivity index (χ3n) is 17.3. The second-order valence-corrected chi connectivity index (χ2v) is 22.2. The number of hydrogen-bond acceptors (Lipinski definition) is 7. The van der Waals surface area contributed by atoms with Crippen molar-refractivity contribution in [2.24, 2.45) is 61.9 Å². The van der Waals surface area contributed by atoms with E-state index in [4.69, 9.17) is 10.5 Å². The van der Waals surface area contributed by atoms with Crippen molar-refractivity contribution in [3.8, 4) is 0 Å². The number of aliphatic hydroxyl groups excluding tert-OH is 1. The van der Waals surface area contributed by atoms with Crippen LogP contribution in [0, 0.1) is 56.2 Å². The zero-order valence-electron chi connectivity index (χ0n) is 37.5. The van der Waals surface area contributed by atoms with E-state index in [0.717, 1.165) is 55.2 Å². The monoisotopic (exact) mass is 803 g/mol. The highest BCUT2D eigenvalue weighted by Crippen LogP contribution is 2.77. The van der Waals surface area contributed by atoms with E-state index in [9.17, 15) is 29.4 Å². The summed E-state index contributed by atoms with van der Waals surface area (Å²) in [6.07, 6.45) is 5.73. The van der Waals surface area contributed by atoms with Gasteiger partial charge in [0, 0.05) is 42.3 Å². The molecule has 6 rings (SSSR count).